The second kappa shape index (κ2) is 5.25. The molecule has 0 saturated heterocycles. The lowest BCUT2D eigenvalue weighted by Crippen LogP contribution is -2.21. The van der Waals surface area contributed by atoms with Gasteiger partial charge in [-0.05, 0) is 36.8 Å². The third kappa shape index (κ3) is 2.32. The monoisotopic (exact) mass is 323 g/mol. The molecule has 2 aromatic carbocycles. The summed E-state index contributed by atoms with van der Waals surface area (Å²) < 4.78 is 1.65. The van der Waals surface area contributed by atoms with Crippen molar-refractivity contribution in [3.05, 3.63) is 80.7 Å². The number of para-hydroxylation sites is 2. The summed E-state index contributed by atoms with van der Waals surface area (Å²) in [7, 11) is 0. The average molecular weight is 324 g/mol. The van der Waals surface area contributed by atoms with E-state index in [-0.39, 0.29) is 5.56 Å². The minimum Gasteiger partial charge on any atom is -0.329 e. The second-order valence-electron chi connectivity index (χ2n) is 5.60. The molecule has 2 heterocycles. The summed E-state index contributed by atoms with van der Waals surface area (Å²) in [6, 6.07) is 15.2. The van der Waals surface area contributed by atoms with Crippen LogP contribution in [0.15, 0.2) is 53.3 Å². The van der Waals surface area contributed by atoms with Gasteiger partial charge in [0.15, 0.2) is 0 Å². The smallest absolute Gasteiger partial charge is 0.263 e. The number of benzene rings is 2. The zero-order valence-corrected chi connectivity index (χ0v) is 13.3. The van der Waals surface area contributed by atoms with Gasteiger partial charge in [-0.1, -0.05) is 35.9 Å². The lowest BCUT2D eigenvalue weighted by atomic mass is 10.1. The molecule has 0 aliphatic carbocycles. The number of nitrogens with one attached hydrogen (secondary N) is 1. The van der Waals surface area contributed by atoms with E-state index in [1.54, 1.807) is 4.40 Å². The number of aromatic nitrogens is 3. The van der Waals surface area contributed by atoms with Gasteiger partial charge < -0.3 is 4.98 Å². The van der Waals surface area contributed by atoms with Gasteiger partial charge in [-0.15, -0.1) is 0 Å². The number of rotatable bonds is 2. The van der Waals surface area contributed by atoms with Crippen LogP contribution in [0.25, 0.3) is 16.8 Å². The first-order chi connectivity index (χ1) is 11.1. The predicted molar refractivity (Wildman–Crippen MR) is 92.3 cm³/mol. The minimum atomic E-state index is -0.0279. The average Bonchev–Trinajstić information content (AvgIpc) is 2.91. The Hall–Kier alpha value is -2.59. The Balaban J connectivity index is 1.94. The molecule has 0 fully saturated rings. The molecule has 4 nitrogen and oxygen atoms in total. The number of halogens is 1. The van der Waals surface area contributed by atoms with Crippen molar-refractivity contribution in [1.82, 2.24) is 14.4 Å². The fourth-order valence-electron chi connectivity index (χ4n) is 2.87. The zero-order valence-electron chi connectivity index (χ0n) is 12.5. The molecular formula is C18H14ClN3O. The maximum Gasteiger partial charge on any atom is 0.263 e. The van der Waals surface area contributed by atoms with E-state index in [0.29, 0.717) is 17.2 Å². The maximum absolute atomic E-state index is 13.0. The normalized spacial score (nSPS) is 11.4. The van der Waals surface area contributed by atoms with Gasteiger partial charge in [-0.2, -0.15) is 0 Å². The van der Waals surface area contributed by atoms with Gasteiger partial charge in [0.05, 0.1) is 11.0 Å². The molecule has 0 radical (unpaired) electrons. The molecule has 114 valence electrons. The Morgan fingerprint density at radius 3 is 2.65 bits per heavy atom. The molecule has 0 saturated carbocycles. The van der Waals surface area contributed by atoms with Crippen LogP contribution in [0.1, 0.15) is 16.8 Å². The van der Waals surface area contributed by atoms with E-state index in [0.717, 1.165) is 27.9 Å². The van der Waals surface area contributed by atoms with Crippen LogP contribution in [0.2, 0.25) is 5.02 Å². The van der Waals surface area contributed by atoms with E-state index in [4.69, 9.17) is 11.6 Å². The first-order valence-electron chi connectivity index (χ1n) is 7.37. The Labute approximate surface area is 137 Å². The summed E-state index contributed by atoms with van der Waals surface area (Å²) in [4.78, 5) is 20.7. The summed E-state index contributed by atoms with van der Waals surface area (Å²) in [6.45, 7) is 1.91. The quantitative estimate of drug-likeness (QED) is 0.611. The lowest BCUT2D eigenvalue weighted by Gasteiger charge is -2.07. The van der Waals surface area contributed by atoms with Crippen LogP contribution in [-0.4, -0.2) is 14.4 Å². The van der Waals surface area contributed by atoms with E-state index in [2.05, 4.69) is 9.97 Å². The highest BCUT2D eigenvalue weighted by Crippen LogP contribution is 2.17. The lowest BCUT2D eigenvalue weighted by molar-refractivity contribution is 0.968. The molecule has 0 amide bonds. The molecule has 23 heavy (non-hydrogen) atoms. The number of aryl methyl sites for hydroxylation is 1. The summed E-state index contributed by atoms with van der Waals surface area (Å²) in [6.07, 6.45) is 0.556. The third-order valence-corrected chi connectivity index (χ3v) is 4.32. The van der Waals surface area contributed by atoms with Crippen molar-refractivity contribution < 1.29 is 0 Å². The van der Waals surface area contributed by atoms with Gasteiger partial charge in [0.1, 0.15) is 0 Å². The van der Waals surface area contributed by atoms with Crippen molar-refractivity contribution in [2.75, 3.05) is 0 Å². The Morgan fingerprint density at radius 1 is 1.13 bits per heavy atom. The second-order valence-corrected chi connectivity index (χ2v) is 6.03. The molecule has 0 atom stereocenters. The number of H-pyrrole nitrogens is 1. The van der Waals surface area contributed by atoms with Gasteiger partial charge in [-0.25, -0.2) is 9.38 Å². The number of aromatic amines is 1. The Bertz CT molecular complexity index is 1080. The molecule has 4 aromatic rings. The molecule has 1 N–H and O–H groups in total. The van der Waals surface area contributed by atoms with E-state index < -0.39 is 0 Å². The van der Waals surface area contributed by atoms with Crippen molar-refractivity contribution in [3.63, 3.8) is 0 Å². The van der Waals surface area contributed by atoms with E-state index in [9.17, 15) is 4.79 Å². The molecule has 0 aliphatic heterocycles. The van der Waals surface area contributed by atoms with Crippen LogP contribution in [0.5, 0.6) is 0 Å². The number of imidazole rings is 1. The summed E-state index contributed by atoms with van der Waals surface area (Å²) >= 11 is 5.93. The van der Waals surface area contributed by atoms with E-state index in [1.165, 1.54) is 0 Å². The molecular weight excluding hydrogens is 310 g/mol. The largest absolute Gasteiger partial charge is 0.329 e. The number of nitrogens with zero attached hydrogens (tertiary/aromatic N) is 2. The van der Waals surface area contributed by atoms with Crippen LogP contribution in [0.3, 0.4) is 0 Å². The molecule has 0 bridgehead atoms. The fraction of sp³-hybridized carbons (Fsp3) is 0.111. The molecule has 0 spiro atoms. The number of hydrogen-bond donors (Lipinski definition) is 1. The first-order valence-corrected chi connectivity index (χ1v) is 7.74. The predicted octanol–water partition coefficient (Wildman–Crippen LogP) is 3.73. The molecule has 5 heteroatoms. The number of hydrogen-bond acceptors (Lipinski definition) is 2. The highest BCUT2D eigenvalue weighted by Gasteiger charge is 2.13. The van der Waals surface area contributed by atoms with Crippen molar-refractivity contribution in [3.8, 4) is 0 Å². The number of fused-ring (bicyclic) bond motifs is 3. The highest BCUT2D eigenvalue weighted by molar-refractivity contribution is 6.30. The fourth-order valence-corrected chi connectivity index (χ4v) is 2.99. The van der Waals surface area contributed by atoms with Crippen molar-refractivity contribution in [1.29, 1.82) is 0 Å². The van der Waals surface area contributed by atoms with E-state index >= 15 is 0 Å². The minimum absolute atomic E-state index is 0.0279. The van der Waals surface area contributed by atoms with E-state index in [1.807, 2.05) is 55.5 Å². The summed E-state index contributed by atoms with van der Waals surface area (Å²) in [5.41, 5.74) is 4.23. The summed E-state index contributed by atoms with van der Waals surface area (Å²) in [5, 5.41) is 0.690. The van der Waals surface area contributed by atoms with Crippen LogP contribution < -0.4 is 5.56 Å². The molecule has 4 rings (SSSR count). The van der Waals surface area contributed by atoms with Gasteiger partial charge in [0.2, 0.25) is 5.78 Å². The van der Waals surface area contributed by atoms with Gasteiger partial charge in [-0.3, -0.25) is 4.79 Å². The topological polar surface area (TPSA) is 50.2 Å². The van der Waals surface area contributed by atoms with Crippen molar-refractivity contribution in [2.24, 2.45) is 0 Å². The SMILES string of the molecule is Cc1[nH]c2nc3ccccc3n2c(=O)c1Cc1ccc(Cl)cc1. The Morgan fingerprint density at radius 2 is 1.87 bits per heavy atom. The zero-order chi connectivity index (χ0) is 16.0. The van der Waals surface area contributed by atoms with Crippen molar-refractivity contribution >= 4 is 28.4 Å². The van der Waals surface area contributed by atoms with Crippen LogP contribution in [0.4, 0.5) is 0 Å². The van der Waals surface area contributed by atoms with Gasteiger partial charge in [0.25, 0.3) is 5.56 Å². The highest BCUT2D eigenvalue weighted by atomic mass is 35.5. The molecule has 0 unspecified atom stereocenters. The van der Waals surface area contributed by atoms with Gasteiger partial charge in [0, 0.05) is 22.7 Å². The Kier molecular flexibility index (Phi) is 3.20. The standard InChI is InChI=1S/C18H14ClN3O/c1-11-14(10-12-6-8-13(19)9-7-12)17(23)22-16-5-3-2-4-15(16)21-18(22)20-11/h2-9H,10H2,1H3,(H,20,21). The van der Waals surface area contributed by atoms with Crippen LogP contribution in [-0.2, 0) is 6.42 Å². The van der Waals surface area contributed by atoms with Gasteiger partial charge >= 0.3 is 0 Å². The first kappa shape index (κ1) is 14.0. The van der Waals surface area contributed by atoms with Crippen LogP contribution >= 0.6 is 11.6 Å². The summed E-state index contributed by atoms with van der Waals surface area (Å²) in [5.74, 6) is 0.577. The maximum atomic E-state index is 13.0. The van der Waals surface area contributed by atoms with Crippen LogP contribution in [0, 0.1) is 6.92 Å². The van der Waals surface area contributed by atoms with Crippen molar-refractivity contribution in [2.45, 2.75) is 13.3 Å². The molecule has 0 aliphatic rings. The molecule has 2 aromatic heterocycles. The third-order valence-electron chi connectivity index (χ3n) is 4.07.